The fourth-order valence-corrected chi connectivity index (χ4v) is 3.43. The van der Waals surface area contributed by atoms with Crippen molar-refractivity contribution < 1.29 is 4.79 Å². The van der Waals surface area contributed by atoms with Crippen LogP contribution in [-0.2, 0) is 0 Å². The molecule has 2 aromatic carbocycles. The number of hydrogen-bond acceptors (Lipinski definition) is 1. The van der Waals surface area contributed by atoms with E-state index in [1.807, 2.05) is 44.2 Å². The zero-order valence-electron chi connectivity index (χ0n) is 10.4. The summed E-state index contributed by atoms with van der Waals surface area (Å²) in [5.74, 6) is 0.0111. The van der Waals surface area contributed by atoms with E-state index in [9.17, 15) is 4.79 Å². The molecule has 1 nitrogen and oxygen atoms in total. The van der Waals surface area contributed by atoms with Crippen LogP contribution in [0.5, 0.6) is 0 Å². The molecule has 0 heterocycles. The molecule has 0 saturated heterocycles. The molecule has 0 atom stereocenters. The van der Waals surface area contributed by atoms with Crippen LogP contribution in [0.25, 0.3) is 0 Å². The Morgan fingerprint density at radius 1 is 0.895 bits per heavy atom. The van der Waals surface area contributed by atoms with Gasteiger partial charge in [0.15, 0.2) is 5.78 Å². The molecule has 0 aliphatic carbocycles. The smallest absolute Gasteiger partial charge is 0.194 e. The first-order valence-electron chi connectivity index (χ1n) is 5.66. The van der Waals surface area contributed by atoms with Gasteiger partial charge in [-0.25, -0.2) is 0 Å². The van der Waals surface area contributed by atoms with Crippen LogP contribution < -0.4 is 0 Å². The molecule has 19 heavy (non-hydrogen) atoms. The molecule has 98 valence electrons. The van der Waals surface area contributed by atoms with E-state index in [2.05, 4.69) is 47.8 Å². The van der Waals surface area contributed by atoms with Crippen LogP contribution in [0.4, 0.5) is 0 Å². The minimum absolute atomic E-state index is 0.0111. The first-order chi connectivity index (χ1) is 8.88. The van der Waals surface area contributed by atoms with Crippen molar-refractivity contribution in [3.05, 3.63) is 66.0 Å². The number of rotatable bonds is 2. The van der Waals surface area contributed by atoms with E-state index < -0.39 is 0 Å². The zero-order valence-corrected chi connectivity index (χ0v) is 15.2. The summed E-state index contributed by atoms with van der Waals surface area (Å²) < 4.78 is 2.67. The lowest BCUT2D eigenvalue weighted by Crippen LogP contribution is -2.03. The third kappa shape index (κ3) is 3.36. The lowest BCUT2D eigenvalue weighted by Gasteiger charge is -2.08. The van der Waals surface area contributed by atoms with Gasteiger partial charge in [0.25, 0.3) is 0 Å². The molecule has 0 aromatic heterocycles. The predicted molar refractivity (Wildman–Crippen MR) is 88.9 cm³/mol. The Labute approximate surface area is 137 Å². The van der Waals surface area contributed by atoms with Crippen LogP contribution in [-0.4, -0.2) is 5.78 Å². The number of ketones is 1. The van der Waals surface area contributed by atoms with Crippen LogP contribution in [0.2, 0.25) is 0 Å². The summed E-state index contributed by atoms with van der Waals surface area (Å²) in [7, 11) is 0. The van der Waals surface area contributed by atoms with Gasteiger partial charge in [0.1, 0.15) is 0 Å². The summed E-state index contributed by atoms with van der Waals surface area (Å²) in [6.07, 6.45) is 0. The minimum Gasteiger partial charge on any atom is -0.289 e. The van der Waals surface area contributed by atoms with Crippen molar-refractivity contribution >= 4 is 53.6 Å². The van der Waals surface area contributed by atoms with Crippen LogP contribution in [0.3, 0.4) is 0 Å². The van der Waals surface area contributed by atoms with Crippen molar-refractivity contribution in [1.82, 2.24) is 0 Å². The number of carbonyl (C=O) groups is 1. The highest BCUT2D eigenvalue weighted by atomic mass is 79.9. The topological polar surface area (TPSA) is 17.1 Å². The van der Waals surface area contributed by atoms with E-state index in [1.54, 1.807) is 0 Å². The summed E-state index contributed by atoms with van der Waals surface area (Å²) in [5.41, 5.74) is 3.49. The molecule has 0 fully saturated rings. The second kappa shape index (κ2) is 5.90. The van der Waals surface area contributed by atoms with Crippen molar-refractivity contribution in [2.45, 2.75) is 13.8 Å². The fourth-order valence-electron chi connectivity index (χ4n) is 1.84. The molecular formula is C15H11Br3O. The van der Waals surface area contributed by atoms with E-state index in [0.29, 0.717) is 11.1 Å². The summed E-state index contributed by atoms with van der Waals surface area (Å²) >= 11 is 10.4. The van der Waals surface area contributed by atoms with Gasteiger partial charge in [0.05, 0.1) is 0 Å². The van der Waals surface area contributed by atoms with Crippen LogP contribution in [0.15, 0.2) is 43.7 Å². The van der Waals surface area contributed by atoms with Crippen molar-refractivity contribution in [1.29, 1.82) is 0 Å². The lowest BCUT2D eigenvalue weighted by molar-refractivity contribution is 0.103. The van der Waals surface area contributed by atoms with Gasteiger partial charge in [-0.1, -0.05) is 47.8 Å². The van der Waals surface area contributed by atoms with Crippen LogP contribution in [0, 0.1) is 13.8 Å². The Hall–Kier alpha value is -0.450. The molecule has 4 heteroatoms. The SMILES string of the molecule is Cc1cc(Br)cc(C(=O)c2cc(Br)c(C)cc2Br)c1. The first-order valence-corrected chi connectivity index (χ1v) is 8.04. The molecule has 0 bridgehead atoms. The molecular weight excluding hydrogens is 436 g/mol. The molecule has 0 amide bonds. The molecule has 0 spiro atoms. The van der Waals surface area contributed by atoms with Gasteiger partial charge in [0, 0.05) is 24.5 Å². The summed E-state index contributed by atoms with van der Waals surface area (Å²) in [6, 6.07) is 9.53. The molecule has 2 rings (SSSR count). The Morgan fingerprint density at radius 3 is 2.21 bits per heavy atom. The minimum atomic E-state index is 0.0111. The molecule has 0 radical (unpaired) electrons. The predicted octanol–water partition coefficient (Wildman–Crippen LogP) is 5.82. The molecule has 0 aliphatic heterocycles. The highest BCUT2D eigenvalue weighted by molar-refractivity contribution is 9.11. The highest BCUT2D eigenvalue weighted by Gasteiger charge is 2.15. The first kappa shape index (κ1) is 14.9. The molecule has 0 saturated carbocycles. The Balaban J connectivity index is 2.53. The Bertz CT molecular complexity index is 642. The van der Waals surface area contributed by atoms with Gasteiger partial charge in [-0.3, -0.25) is 4.79 Å². The van der Waals surface area contributed by atoms with E-state index in [-0.39, 0.29) is 5.78 Å². The molecule has 0 unspecified atom stereocenters. The Kier molecular flexibility index (Phi) is 4.64. The maximum absolute atomic E-state index is 12.6. The van der Waals surface area contributed by atoms with Gasteiger partial charge in [0.2, 0.25) is 0 Å². The quantitative estimate of drug-likeness (QED) is 0.531. The molecule has 0 N–H and O–H groups in total. The summed E-state index contributed by atoms with van der Waals surface area (Å²) in [5, 5.41) is 0. The number of halogens is 3. The maximum atomic E-state index is 12.6. The van der Waals surface area contributed by atoms with Gasteiger partial charge < -0.3 is 0 Å². The molecule has 0 aliphatic rings. The normalized spacial score (nSPS) is 10.6. The standard InChI is InChI=1S/C15H11Br3O/c1-8-3-10(6-11(16)4-8)15(19)12-7-13(17)9(2)5-14(12)18/h3-7H,1-2H3. The van der Waals surface area contributed by atoms with Gasteiger partial charge in [-0.15, -0.1) is 0 Å². The average Bonchev–Trinajstić information content (AvgIpc) is 2.31. The largest absolute Gasteiger partial charge is 0.289 e. The second-order valence-corrected chi connectivity index (χ2v) is 7.05. The highest BCUT2D eigenvalue weighted by Crippen LogP contribution is 2.28. The summed E-state index contributed by atoms with van der Waals surface area (Å²) in [6.45, 7) is 3.97. The van der Waals surface area contributed by atoms with Crippen LogP contribution in [0.1, 0.15) is 27.0 Å². The monoisotopic (exact) mass is 444 g/mol. The third-order valence-corrected chi connectivity index (χ3v) is 4.77. The number of aryl methyl sites for hydroxylation is 2. The fraction of sp³-hybridized carbons (Fsp3) is 0.133. The third-order valence-electron chi connectivity index (χ3n) is 2.80. The Morgan fingerprint density at radius 2 is 1.58 bits per heavy atom. The van der Waals surface area contributed by atoms with Crippen molar-refractivity contribution in [3.63, 3.8) is 0 Å². The van der Waals surface area contributed by atoms with Gasteiger partial charge in [-0.05, 0) is 55.3 Å². The number of benzene rings is 2. The van der Waals surface area contributed by atoms with Gasteiger partial charge >= 0.3 is 0 Å². The van der Waals surface area contributed by atoms with Crippen molar-refractivity contribution in [3.8, 4) is 0 Å². The lowest BCUT2D eigenvalue weighted by atomic mass is 10.0. The number of carbonyl (C=O) groups excluding carboxylic acids is 1. The van der Waals surface area contributed by atoms with Crippen molar-refractivity contribution in [2.24, 2.45) is 0 Å². The van der Waals surface area contributed by atoms with Crippen molar-refractivity contribution in [2.75, 3.05) is 0 Å². The van der Waals surface area contributed by atoms with Crippen LogP contribution >= 0.6 is 47.8 Å². The molecule has 2 aromatic rings. The summed E-state index contributed by atoms with van der Waals surface area (Å²) in [4.78, 5) is 12.6. The van der Waals surface area contributed by atoms with E-state index in [0.717, 1.165) is 24.5 Å². The average molecular weight is 447 g/mol. The van der Waals surface area contributed by atoms with E-state index >= 15 is 0 Å². The van der Waals surface area contributed by atoms with Gasteiger partial charge in [-0.2, -0.15) is 0 Å². The second-order valence-electron chi connectivity index (χ2n) is 4.43. The number of hydrogen-bond donors (Lipinski definition) is 0. The zero-order chi connectivity index (χ0) is 14.2. The van der Waals surface area contributed by atoms with E-state index in [1.165, 1.54) is 0 Å². The maximum Gasteiger partial charge on any atom is 0.194 e. The van der Waals surface area contributed by atoms with E-state index in [4.69, 9.17) is 0 Å².